The smallest absolute Gasteiger partial charge is 0.241 e. The molecule has 1 aromatic rings. The van der Waals surface area contributed by atoms with Gasteiger partial charge in [0.25, 0.3) is 0 Å². The molecular weight excluding hydrogens is 224 g/mol. The number of hydrogen-bond acceptors (Lipinski definition) is 2. The molecule has 4 heteroatoms. The average Bonchev–Trinajstić information content (AvgIpc) is 2.74. The van der Waals surface area contributed by atoms with Crippen LogP contribution in [-0.4, -0.2) is 18.5 Å². The molecule has 1 saturated heterocycles. The van der Waals surface area contributed by atoms with Crippen LogP contribution in [0.2, 0.25) is 0 Å². The van der Waals surface area contributed by atoms with E-state index in [1.165, 1.54) is 5.56 Å². The van der Waals surface area contributed by atoms with Gasteiger partial charge in [0.1, 0.15) is 0 Å². The highest BCUT2D eigenvalue weighted by atomic mass is 35.5. The van der Waals surface area contributed by atoms with Crippen LogP contribution in [0.25, 0.3) is 0 Å². The number of aryl methyl sites for hydroxylation is 1. The molecule has 0 aliphatic carbocycles. The van der Waals surface area contributed by atoms with Crippen LogP contribution in [0, 0.1) is 6.92 Å². The number of amides is 1. The maximum Gasteiger partial charge on any atom is 0.241 e. The summed E-state index contributed by atoms with van der Waals surface area (Å²) in [7, 11) is 0. The van der Waals surface area contributed by atoms with Crippen molar-refractivity contribution in [2.45, 2.75) is 25.8 Å². The molecule has 0 saturated carbocycles. The Bertz CT molecular complexity index is 345. The number of rotatable bonds is 2. The van der Waals surface area contributed by atoms with Crippen LogP contribution in [-0.2, 0) is 4.79 Å². The van der Waals surface area contributed by atoms with Crippen LogP contribution in [0.5, 0.6) is 0 Å². The zero-order valence-electron chi connectivity index (χ0n) is 9.32. The molecule has 3 nitrogen and oxygen atoms in total. The van der Waals surface area contributed by atoms with Crippen molar-refractivity contribution in [3.63, 3.8) is 0 Å². The van der Waals surface area contributed by atoms with Crippen molar-refractivity contribution in [2.75, 3.05) is 11.9 Å². The van der Waals surface area contributed by atoms with Gasteiger partial charge >= 0.3 is 0 Å². The predicted molar refractivity (Wildman–Crippen MR) is 68.1 cm³/mol. The number of anilines is 1. The molecule has 1 aromatic carbocycles. The second-order valence-electron chi connectivity index (χ2n) is 4.00. The molecule has 16 heavy (non-hydrogen) atoms. The number of benzene rings is 1. The van der Waals surface area contributed by atoms with Crippen molar-refractivity contribution in [1.29, 1.82) is 0 Å². The van der Waals surface area contributed by atoms with E-state index in [1.54, 1.807) is 0 Å². The molecule has 1 fully saturated rings. The summed E-state index contributed by atoms with van der Waals surface area (Å²) in [6, 6.07) is 7.85. The number of nitrogens with one attached hydrogen (secondary N) is 2. The van der Waals surface area contributed by atoms with Gasteiger partial charge in [-0.25, -0.2) is 0 Å². The van der Waals surface area contributed by atoms with E-state index in [1.807, 2.05) is 31.2 Å². The lowest BCUT2D eigenvalue weighted by Crippen LogP contribution is -2.35. The summed E-state index contributed by atoms with van der Waals surface area (Å²) in [5.41, 5.74) is 2.08. The zero-order valence-corrected chi connectivity index (χ0v) is 10.1. The fourth-order valence-corrected chi connectivity index (χ4v) is 1.77. The Morgan fingerprint density at radius 3 is 2.62 bits per heavy atom. The Morgan fingerprint density at radius 1 is 1.38 bits per heavy atom. The van der Waals surface area contributed by atoms with Crippen molar-refractivity contribution >= 4 is 24.0 Å². The van der Waals surface area contributed by atoms with E-state index in [2.05, 4.69) is 10.6 Å². The van der Waals surface area contributed by atoms with E-state index in [0.29, 0.717) is 0 Å². The van der Waals surface area contributed by atoms with Crippen LogP contribution in [0.15, 0.2) is 24.3 Å². The summed E-state index contributed by atoms with van der Waals surface area (Å²) in [4.78, 5) is 11.7. The number of hydrogen-bond donors (Lipinski definition) is 2. The molecule has 1 atom stereocenters. The van der Waals surface area contributed by atoms with E-state index in [9.17, 15) is 4.79 Å². The quantitative estimate of drug-likeness (QED) is 0.832. The maximum atomic E-state index is 11.7. The van der Waals surface area contributed by atoms with Crippen LogP contribution >= 0.6 is 12.4 Å². The van der Waals surface area contributed by atoms with E-state index in [-0.39, 0.29) is 24.4 Å². The fraction of sp³-hybridized carbons (Fsp3) is 0.417. The first-order chi connectivity index (χ1) is 7.25. The summed E-state index contributed by atoms with van der Waals surface area (Å²) in [5, 5.41) is 6.09. The summed E-state index contributed by atoms with van der Waals surface area (Å²) in [6.45, 7) is 2.98. The summed E-state index contributed by atoms with van der Waals surface area (Å²) in [6.07, 6.45) is 2.03. The summed E-state index contributed by atoms with van der Waals surface area (Å²) in [5.74, 6) is 0.0800. The maximum absolute atomic E-state index is 11.7. The molecule has 88 valence electrons. The zero-order chi connectivity index (χ0) is 10.7. The fourth-order valence-electron chi connectivity index (χ4n) is 1.77. The Balaban J connectivity index is 0.00000128. The van der Waals surface area contributed by atoms with Crippen LogP contribution in [0.1, 0.15) is 18.4 Å². The predicted octanol–water partition coefficient (Wildman–Crippen LogP) is 2.11. The van der Waals surface area contributed by atoms with Crippen LogP contribution < -0.4 is 10.6 Å². The monoisotopic (exact) mass is 240 g/mol. The van der Waals surface area contributed by atoms with Gasteiger partial charge in [-0.1, -0.05) is 17.7 Å². The topological polar surface area (TPSA) is 41.1 Å². The van der Waals surface area contributed by atoms with E-state index < -0.39 is 0 Å². The molecular formula is C12H17ClN2O. The second kappa shape index (κ2) is 5.87. The lowest BCUT2D eigenvalue weighted by molar-refractivity contribution is -0.117. The Hall–Kier alpha value is -1.06. The number of carbonyl (C=O) groups excluding carboxylic acids is 1. The largest absolute Gasteiger partial charge is 0.325 e. The first kappa shape index (κ1) is 13.0. The van der Waals surface area contributed by atoms with Crippen molar-refractivity contribution in [1.82, 2.24) is 5.32 Å². The first-order valence-corrected chi connectivity index (χ1v) is 5.36. The van der Waals surface area contributed by atoms with Crippen LogP contribution in [0.4, 0.5) is 5.69 Å². The molecule has 0 radical (unpaired) electrons. The second-order valence-corrected chi connectivity index (χ2v) is 4.00. The highest BCUT2D eigenvalue weighted by Crippen LogP contribution is 2.11. The Kier molecular flexibility index (Phi) is 4.77. The third kappa shape index (κ3) is 3.22. The highest BCUT2D eigenvalue weighted by molar-refractivity contribution is 5.95. The molecule has 1 unspecified atom stereocenters. The van der Waals surface area contributed by atoms with Crippen molar-refractivity contribution in [2.24, 2.45) is 0 Å². The standard InChI is InChI=1S/C12H16N2O.ClH/c1-9-4-6-10(7-5-9)14-12(15)11-3-2-8-13-11;/h4-7,11,13H,2-3,8H2,1H3,(H,14,15);1H. The summed E-state index contributed by atoms with van der Waals surface area (Å²) < 4.78 is 0. The van der Waals surface area contributed by atoms with Gasteiger partial charge in [0, 0.05) is 5.69 Å². The normalized spacial score (nSPS) is 18.9. The minimum absolute atomic E-state index is 0. The van der Waals surface area contributed by atoms with Gasteiger partial charge in [-0.05, 0) is 38.4 Å². The van der Waals surface area contributed by atoms with Gasteiger partial charge in [-0.15, -0.1) is 12.4 Å². The van der Waals surface area contributed by atoms with Gasteiger partial charge in [-0.2, -0.15) is 0 Å². The molecule has 0 spiro atoms. The third-order valence-corrected chi connectivity index (χ3v) is 2.70. The Morgan fingerprint density at radius 2 is 2.06 bits per heavy atom. The van der Waals surface area contributed by atoms with Crippen molar-refractivity contribution in [3.8, 4) is 0 Å². The molecule has 0 aromatic heterocycles. The minimum Gasteiger partial charge on any atom is -0.325 e. The summed E-state index contributed by atoms with van der Waals surface area (Å²) >= 11 is 0. The van der Waals surface area contributed by atoms with Gasteiger partial charge < -0.3 is 10.6 Å². The molecule has 1 amide bonds. The molecule has 1 aliphatic rings. The molecule has 1 aliphatic heterocycles. The average molecular weight is 241 g/mol. The van der Waals surface area contributed by atoms with Crippen molar-refractivity contribution in [3.05, 3.63) is 29.8 Å². The van der Waals surface area contributed by atoms with Gasteiger partial charge in [0.2, 0.25) is 5.91 Å². The molecule has 2 N–H and O–H groups in total. The number of halogens is 1. The van der Waals surface area contributed by atoms with E-state index in [4.69, 9.17) is 0 Å². The lowest BCUT2D eigenvalue weighted by Gasteiger charge is -2.10. The number of carbonyl (C=O) groups is 1. The van der Waals surface area contributed by atoms with E-state index in [0.717, 1.165) is 25.1 Å². The van der Waals surface area contributed by atoms with Gasteiger partial charge in [-0.3, -0.25) is 4.79 Å². The molecule has 2 rings (SSSR count). The SMILES string of the molecule is Cc1ccc(NC(=O)C2CCCN2)cc1.Cl. The first-order valence-electron chi connectivity index (χ1n) is 5.36. The lowest BCUT2D eigenvalue weighted by atomic mass is 10.2. The highest BCUT2D eigenvalue weighted by Gasteiger charge is 2.21. The Labute approximate surface area is 102 Å². The van der Waals surface area contributed by atoms with Crippen molar-refractivity contribution < 1.29 is 4.79 Å². The molecule has 0 bridgehead atoms. The van der Waals surface area contributed by atoms with Gasteiger partial charge in [0.05, 0.1) is 6.04 Å². The minimum atomic E-state index is -0.00805. The van der Waals surface area contributed by atoms with Gasteiger partial charge in [0.15, 0.2) is 0 Å². The van der Waals surface area contributed by atoms with Crippen LogP contribution in [0.3, 0.4) is 0 Å². The van der Waals surface area contributed by atoms with E-state index >= 15 is 0 Å². The third-order valence-electron chi connectivity index (χ3n) is 2.70. The molecule has 1 heterocycles.